The molecule has 162 valence electrons. The fourth-order valence-electron chi connectivity index (χ4n) is 4.06. The van der Waals surface area contributed by atoms with E-state index in [0.29, 0.717) is 36.1 Å². The number of nitriles is 1. The Hall–Kier alpha value is -2.75. The van der Waals surface area contributed by atoms with Crippen molar-refractivity contribution in [2.75, 3.05) is 38.7 Å². The van der Waals surface area contributed by atoms with Crippen molar-refractivity contribution in [2.45, 2.75) is 45.6 Å². The summed E-state index contributed by atoms with van der Waals surface area (Å²) in [4.78, 5) is 20.7. The van der Waals surface area contributed by atoms with E-state index in [0.717, 1.165) is 37.4 Å². The zero-order valence-electron chi connectivity index (χ0n) is 18.6. The number of aliphatic imine (C=N–C) groups is 1. The first-order valence-corrected chi connectivity index (χ1v) is 10.5. The van der Waals surface area contributed by atoms with Crippen molar-refractivity contribution in [3.05, 3.63) is 17.7 Å². The molecule has 1 saturated heterocycles. The van der Waals surface area contributed by atoms with Crippen LogP contribution in [0.15, 0.2) is 17.1 Å². The van der Waals surface area contributed by atoms with E-state index in [2.05, 4.69) is 16.0 Å². The maximum atomic E-state index is 12.1. The number of esters is 1. The van der Waals surface area contributed by atoms with Crippen LogP contribution < -0.4 is 9.64 Å². The number of rotatable bonds is 5. The standard InChI is InChI=1S/C23H32N4O3/c1-23(2,3)30-22(28)7-6-16-8-9-27-13-18(16)14-29-21-11-19(25-15-26(4)5)17(12-24)10-20(21)27/h10-11,15-16,18H,6-9,13-14H2,1-5H3/b25-15-/t16?,18-/m0/s1. The van der Waals surface area contributed by atoms with Gasteiger partial charge < -0.3 is 19.3 Å². The van der Waals surface area contributed by atoms with Crippen LogP contribution in [0.2, 0.25) is 0 Å². The molecule has 0 aromatic heterocycles. The molecule has 3 rings (SSSR count). The Morgan fingerprint density at radius 2 is 2.20 bits per heavy atom. The van der Waals surface area contributed by atoms with E-state index < -0.39 is 5.60 Å². The van der Waals surface area contributed by atoms with Gasteiger partial charge in [-0.25, -0.2) is 4.99 Å². The number of anilines is 1. The minimum atomic E-state index is -0.446. The molecular formula is C23H32N4O3. The molecule has 7 heteroatoms. The Bertz CT molecular complexity index is 851. The van der Waals surface area contributed by atoms with Crippen LogP contribution in [0, 0.1) is 23.2 Å². The summed E-state index contributed by atoms with van der Waals surface area (Å²) in [7, 11) is 3.78. The number of nitrogens with zero attached hydrogens (tertiary/aromatic N) is 4. The summed E-state index contributed by atoms with van der Waals surface area (Å²) in [6.45, 7) is 8.05. The van der Waals surface area contributed by atoms with Crippen LogP contribution in [-0.4, -0.2) is 56.6 Å². The predicted molar refractivity (Wildman–Crippen MR) is 117 cm³/mol. The second-order valence-electron chi connectivity index (χ2n) is 9.35. The quantitative estimate of drug-likeness (QED) is 0.416. The molecule has 1 aromatic rings. The van der Waals surface area contributed by atoms with Gasteiger partial charge in [0.2, 0.25) is 0 Å². The maximum absolute atomic E-state index is 12.1. The fourth-order valence-corrected chi connectivity index (χ4v) is 4.06. The molecule has 1 unspecified atom stereocenters. The molecule has 0 spiro atoms. The number of carbonyl (C=O) groups is 1. The Morgan fingerprint density at radius 1 is 1.43 bits per heavy atom. The second kappa shape index (κ2) is 8.95. The average Bonchev–Trinajstić information content (AvgIpc) is 2.80. The zero-order valence-corrected chi connectivity index (χ0v) is 18.6. The van der Waals surface area contributed by atoms with E-state index in [-0.39, 0.29) is 5.97 Å². The van der Waals surface area contributed by atoms with E-state index in [1.807, 2.05) is 51.9 Å². The molecule has 0 saturated carbocycles. The number of fused-ring (bicyclic) bond motifs is 4. The lowest BCUT2D eigenvalue weighted by atomic mass is 9.83. The SMILES string of the molecule is CN(C)/C=N\c1cc2c(cc1C#N)N1CCC(CCC(=O)OC(C)(C)C)[C@H](CO2)C1. The van der Waals surface area contributed by atoms with E-state index in [9.17, 15) is 10.1 Å². The molecule has 0 amide bonds. The number of hydrogen-bond acceptors (Lipinski definition) is 6. The summed E-state index contributed by atoms with van der Waals surface area (Å²) < 4.78 is 11.6. The van der Waals surface area contributed by atoms with Crippen LogP contribution >= 0.6 is 0 Å². The van der Waals surface area contributed by atoms with Crippen LogP contribution in [0.4, 0.5) is 11.4 Å². The Labute approximate surface area is 179 Å². The predicted octanol–water partition coefficient (Wildman–Crippen LogP) is 3.74. The summed E-state index contributed by atoms with van der Waals surface area (Å²) >= 11 is 0. The van der Waals surface area contributed by atoms with Gasteiger partial charge in [0.1, 0.15) is 17.4 Å². The van der Waals surface area contributed by atoms with Gasteiger partial charge in [-0.15, -0.1) is 0 Å². The summed E-state index contributed by atoms with van der Waals surface area (Å²) in [5.41, 5.74) is 1.67. The number of hydrogen-bond donors (Lipinski definition) is 0. The zero-order chi connectivity index (χ0) is 21.9. The second-order valence-corrected chi connectivity index (χ2v) is 9.35. The van der Waals surface area contributed by atoms with Gasteiger partial charge in [0.15, 0.2) is 0 Å². The van der Waals surface area contributed by atoms with Crippen LogP contribution in [0.25, 0.3) is 0 Å². The van der Waals surface area contributed by atoms with Crippen LogP contribution in [0.5, 0.6) is 5.75 Å². The van der Waals surface area contributed by atoms with Crippen molar-refractivity contribution in [1.29, 1.82) is 5.26 Å². The highest BCUT2D eigenvalue weighted by Gasteiger charge is 2.34. The molecular weight excluding hydrogens is 380 g/mol. The highest BCUT2D eigenvalue weighted by Crippen LogP contribution is 2.42. The summed E-state index contributed by atoms with van der Waals surface area (Å²) in [6, 6.07) is 6.01. The minimum absolute atomic E-state index is 0.134. The largest absolute Gasteiger partial charge is 0.491 e. The van der Waals surface area contributed by atoms with Gasteiger partial charge in [-0.2, -0.15) is 5.26 Å². The molecule has 2 heterocycles. The van der Waals surface area contributed by atoms with Crippen molar-refractivity contribution in [3.8, 4) is 11.8 Å². The maximum Gasteiger partial charge on any atom is 0.306 e. The lowest BCUT2D eigenvalue weighted by Gasteiger charge is -2.37. The highest BCUT2D eigenvalue weighted by molar-refractivity contribution is 5.73. The van der Waals surface area contributed by atoms with Crippen LogP contribution in [0.1, 0.15) is 45.6 Å². The molecule has 1 aromatic carbocycles. The molecule has 2 bridgehead atoms. The Kier molecular flexibility index (Phi) is 6.55. The monoisotopic (exact) mass is 412 g/mol. The fraction of sp³-hybridized carbons (Fsp3) is 0.609. The van der Waals surface area contributed by atoms with Crippen LogP contribution in [-0.2, 0) is 9.53 Å². The van der Waals surface area contributed by atoms with Gasteiger partial charge in [-0.05, 0) is 45.6 Å². The van der Waals surface area contributed by atoms with Gasteiger partial charge in [-0.1, -0.05) is 0 Å². The van der Waals surface area contributed by atoms with Crippen molar-refractivity contribution in [3.63, 3.8) is 0 Å². The molecule has 0 aliphatic carbocycles. The molecule has 0 radical (unpaired) electrons. The van der Waals surface area contributed by atoms with Crippen molar-refractivity contribution >= 4 is 23.7 Å². The lowest BCUT2D eigenvalue weighted by molar-refractivity contribution is -0.155. The number of piperidine rings is 1. The molecule has 30 heavy (non-hydrogen) atoms. The third-order valence-corrected chi connectivity index (χ3v) is 5.45. The van der Waals surface area contributed by atoms with E-state index in [1.165, 1.54) is 0 Å². The smallest absolute Gasteiger partial charge is 0.306 e. The lowest BCUT2D eigenvalue weighted by Crippen LogP contribution is -2.41. The molecule has 2 atom stereocenters. The number of benzene rings is 1. The normalized spacial score (nSPS) is 20.7. The Balaban J connectivity index is 1.72. The first kappa shape index (κ1) is 21.9. The van der Waals surface area contributed by atoms with E-state index in [1.54, 1.807) is 6.34 Å². The first-order valence-electron chi connectivity index (χ1n) is 10.5. The number of carbonyl (C=O) groups excluding carboxylic acids is 1. The summed E-state index contributed by atoms with van der Waals surface area (Å²) in [5.74, 6) is 1.40. The molecule has 1 fully saturated rings. The van der Waals surface area contributed by atoms with Crippen LogP contribution in [0.3, 0.4) is 0 Å². The van der Waals surface area contributed by atoms with Gasteiger partial charge in [0.25, 0.3) is 0 Å². The Morgan fingerprint density at radius 3 is 2.87 bits per heavy atom. The number of ether oxygens (including phenoxy) is 2. The third-order valence-electron chi connectivity index (χ3n) is 5.45. The third kappa shape index (κ3) is 5.44. The molecule has 0 N–H and O–H groups in total. The summed E-state index contributed by atoms with van der Waals surface area (Å²) in [6.07, 6.45) is 3.94. The van der Waals surface area contributed by atoms with E-state index >= 15 is 0 Å². The first-order chi connectivity index (χ1) is 14.2. The summed E-state index contributed by atoms with van der Waals surface area (Å²) in [5, 5.41) is 9.58. The van der Waals surface area contributed by atoms with Crippen molar-refractivity contribution < 1.29 is 14.3 Å². The van der Waals surface area contributed by atoms with E-state index in [4.69, 9.17) is 9.47 Å². The van der Waals surface area contributed by atoms with Gasteiger partial charge >= 0.3 is 5.97 Å². The van der Waals surface area contributed by atoms with Crippen molar-refractivity contribution in [2.24, 2.45) is 16.8 Å². The highest BCUT2D eigenvalue weighted by atomic mass is 16.6. The average molecular weight is 413 g/mol. The van der Waals surface area contributed by atoms with Crippen molar-refractivity contribution in [1.82, 2.24) is 4.90 Å². The van der Waals surface area contributed by atoms with Gasteiger partial charge in [0, 0.05) is 45.6 Å². The topological polar surface area (TPSA) is 78.2 Å². The van der Waals surface area contributed by atoms with Gasteiger partial charge in [-0.3, -0.25) is 4.79 Å². The minimum Gasteiger partial charge on any atom is -0.491 e. The van der Waals surface area contributed by atoms with Gasteiger partial charge in [0.05, 0.1) is 29.9 Å². The molecule has 2 aliphatic rings. The molecule has 2 aliphatic heterocycles. The molecule has 7 nitrogen and oxygen atoms in total.